The van der Waals surface area contributed by atoms with Crippen molar-refractivity contribution >= 4 is 5.69 Å². The molecular weight excluding hydrogens is 248 g/mol. The van der Waals surface area contributed by atoms with Crippen molar-refractivity contribution in [2.45, 2.75) is 33.9 Å². The monoisotopic (exact) mass is 268 g/mol. The third kappa shape index (κ3) is 3.61. The molecule has 0 aliphatic carbocycles. The number of hydrogen-bond acceptors (Lipinski definition) is 3. The molecule has 2 aromatic rings. The molecule has 4 nitrogen and oxygen atoms in total. The van der Waals surface area contributed by atoms with E-state index in [0.717, 1.165) is 23.5 Å². The van der Waals surface area contributed by atoms with Crippen molar-refractivity contribution in [3.05, 3.63) is 47.3 Å². The Bertz CT molecular complexity index is 620. The zero-order valence-electron chi connectivity index (χ0n) is 12.2. The maximum atomic E-state index is 8.89. The first-order valence-electron chi connectivity index (χ1n) is 6.85. The van der Waals surface area contributed by atoms with Crippen molar-refractivity contribution in [3.63, 3.8) is 0 Å². The molecule has 0 aliphatic rings. The van der Waals surface area contributed by atoms with E-state index in [1.165, 1.54) is 0 Å². The second-order valence-corrected chi connectivity index (χ2v) is 5.41. The second kappa shape index (κ2) is 6.25. The molecule has 0 unspecified atom stereocenters. The smallest absolute Gasteiger partial charge is 0.0991 e. The molecule has 1 aromatic carbocycles. The predicted octanol–water partition coefficient (Wildman–Crippen LogP) is 3.33. The van der Waals surface area contributed by atoms with E-state index in [4.69, 9.17) is 5.26 Å². The Morgan fingerprint density at radius 1 is 1.40 bits per heavy atom. The summed E-state index contributed by atoms with van der Waals surface area (Å²) in [5.41, 5.74) is 3.84. The van der Waals surface area contributed by atoms with Crippen molar-refractivity contribution in [2.24, 2.45) is 5.92 Å². The predicted molar refractivity (Wildman–Crippen MR) is 80.3 cm³/mol. The Labute approximate surface area is 120 Å². The van der Waals surface area contributed by atoms with Crippen LogP contribution in [0, 0.1) is 24.2 Å². The lowest BCUT2D eigenvalue weighted by molar-refractivity contribution is 0.481. The molecule has 0 bridgehead atoms. The lowest BCUT2D eigenvalue weighted by atomic mass is 10.1. The number of benzene rings is 1. The fourth-order valence-corrected chi connectivity index (χ4v) is 2.11. The zero-order valence-corrected chi connectivity index (χ0v) is 12.2. The molecule has 0 radical (unpaired) electrons. The minimum Gasteiger partial charge on any atom is -0.378 e. The summed E-state index contributed by atoms with van der Waals surface area (Å²) in [4.78, 5) is 0. The molecule has 1 N–H and O–H groups in total. The number of aryl methyl sites for hydroxylation is 1. The number of nitriles is 1. The van der Waals surface area contributed by atoms with E-state index in [1.54, 1.807) is 0 Å². The van der Waals surface area contributed by atoms with Gasteiger partial charge in [-0.25, -0.2) is 0 Å². The highest BCUT2D eigenvalue weighted by Crippen LogP contribution is 2.15. The third-order valence-corrected chi connectivity index (χ3v) is 3.04. The average Bonchev–Trinajstić information content (AvgIpc) is 2.76. The van der Waals surface area contributed by atoms with Crippen LogP contribution in [0.25, 0.3) is 0 Å². The molecule has 0 fully saturated rings. The van der Waals surface area contributed by atoms with E-state index in [2.05, 4.69) is 30.3 Å². The van der Waals surface area contributed by atoms with Gasteiger partial charge < -0.3 is 5.32 Å². The molecule has 0 spiro atoms. The van der Waals surface area contributed by atoms with Crippen LogP contribution in [-0.2, 0) is 13.1 Å². The molecule has 0 amide bonds. The van der Waals surface area contributed by atoms with Gasteiger partial charge in [0.2, 0.25) is 0 Å². The number of rotatable bonds is 5. The molecule has 0 atom stereocenters. The normalized spacial score (nSPS) is 10.6. The van der Waals surface area contributed by atoms with Crippen molar-refractivity contribution in [2.75, 3.05) is 5.32 Å². The summed E-state index contributed by atoms with van der Waals surface area (Å²) in [7, 11) is 0. The summed E-state index contributed by atoms with van der Waals surface area (Å²) >= 11 is 0. The van der Waals surface area contributed by atoms with Crippen LogP contribution in [0.15, 0.2) is 30.5 Å². The summed E-state index contributed by atoms with van der Waals surface area (Å²) < 4.78 is 1.98. The summed E-state index contributed by atoms with van der Waals surface area (Å²) in [6.07, 6.45) is 2.05. The lowest BCUT2D eigenvalue weighted by Crippen LogP contribution is -2.04. The summed E-state index contributed by atoms with van der Waals surface area (Å²) in [5, 5.41) is 16.8. The highest BCUT2D eigenvalue weighted by Gasteiger charge is 2.06. The molecule has 4 heteroatoms. The van der Waals surface area contributed by atoms with Gasteiger partial charge in [-0.3, -0.25) is 4.68 Å². The lowest BCUT2D eigenvalue weighted by Gasteiger charge is -2.05. The van der Waals surface area contributed by atoms with Crippen molar-refractivity contribution in [3.8, 4) is 6.07 Å². The Hall–Kier alpha value is -2.28. The van der Waals surface area contributed by atoms with E-state index >= 15 is 0 Å². The second-order valence-electron chi connectivity index (χ2n) is 5.41. The van der Waals surface area contributed by atoms with Gasteiger partial charge in [-0.05, 0) is 30.5 Å². The molecule has 1 aromatic heterocycles. The number of nitrogens with one attached hydrogen (secondary N) is 1. The Morgan fingerprint density at radius 3 is 2.90 bits per heavy atom. The number of hydrogen-bond donors (Lipinski definition) is 1. The Balaban J connectivity index is 2.03. The molecule has 2 rings (SSSR count). The topological polar surface area (TPSA) is 53.6 Å². The van der Waals surface area contributed by atoms with Gasteiger partial charge in [0.25, 0.3) is 0 Å². The first kappa shape index (κ1) is 14.1. The van der Waals surface area contributed by atoms with Crippen LogP contribution in [0.3, 0.4) is 0 Å². The quantitative estimate of drug-likeness (QED) is 0.905. The van der Waals surface area contributed by atoms with Gasteiger partial charge in [0, 0.05) is 19.3 Å². The minimum atomic E-state index is 0.578. The van der Waals surface area contributed by atoms with Gasteiger partial charge in [0.05, 0.1) is 23.0 Å². The van der Waals surface area contributed by atoms with Crippen molar-refractivity contribution in [1.82, 2.24) is 9.78 Å². The van der Waals surface area contributed by atoms with Gasteiger partial charge in [0.15, 0.2) is 0 Å². The third-order valence-electron chi connectivity index (χ3n) is 3.04. The van der Waals surface area contributed by atoms with Crippen LogP contribution < -0.4 is 5.32 Å². The summed E-state index contributed by atoms with van der Waals surface area (Å²) in [6.45, 7) is 7.98. The van der Waals surface area contributed by atoms with Crippen LogP contribution in [-0.4, -0.2) is 9.78 Å². The summed E-state index contributed by atoms with van der Waals surface area (Å²) in [6, 6.07) is 9.80. The average molecular weight is 268 g/mol. The molecule has 104 valence electrons. The number of anilines is 1. The highest BCUT2D eigenvalue weighted by atomic mass is 15.3. The van der Waals surface area contributed by atoms with E-state index in [1.807, 2.05) is 42.1 Å². The van der Waals surface area contributed by atoms with Gasteiger partial charge in [-0.15, -0.1) is 0 Å². The van der Waals surface area contributed by atoms with E-state index < -0.39 is 0 Å². The minimum absolute atomic E-state index is 0.578. The van der Waals surface area contributed by atoms with E-state index in [-0.39, 0.29) is 0 Å². The SMILES string of the molecule is Cc1nn(CC(C)C)cc1NCc1cccc(C#N)c1. The molecule has 0 saturated heterocycles. The molecular formula is C16H20N4. The fourth-order valence-electron chi connectivity index (χ4n) is 2.11. The molecule has 1 heterocycles. The van der Waals surface area contributed by atoms with Crippen LogP contribution >= 0.6 is 0 Å². The van der Waals surface area contributed by atoms with Crippen LogP contribution in [0.4, 0.5) is 5.69 Å². The summed E-state index contributed by atoms with van der Waals surface area (Å²) in [5.74, 6) is 0.578. The van der Waals surface area contributed by atoms with E-state index in [0.29, 0.717) is 18.0 Å². The Morgan fingerprint density at radius 2 is 2.20 bits per heavy atom. The first-order valence-corrected chi connectivity index (χ1v) is 6.85. The maximum absolute atomic E-state index is 8.89. The number of nitrogens with zero attached hydrogens (tertiary/aromatic N) is 3. The Kier molecular flexibility index (Phi) is 4.41. The fraction of sp³-hybridized carbons (Fsp3) is 0.375. The standard InChI is InChI=1S/C16H20N4/c1-12(2)10-20-11-16(13(3)19-20)18-9-15-6-4-5-14(7-15)8-17/h4-7,11-12,18H,9-10H2,1-3H3. The van der Waals surface area contributed by atoms with Crippen LogP contribution in [0.2, 0.25) is 0 Å². The van der Waals surface area contributed by atoms with E-state index in [9.17, 15) is 0 Å². The van der Waals surface area contributed by atoms with Crippen molar-refractivity contribution in [1.29, 1.82) is 5.26 Å². The van der Waals surface area contributed by atoms with Gasteiger partial charge in [-0.1, -0.05) is 26.0 Å². The zero-order chi connectivity index (χ0) is 14.5. The van der Waals surface area contributed by atoms with Gasteiger partial charge in [0.1, 0.15) is 0 Å². The van der Waals surface area contributed by atoms with Crippen LogP contribution in [0.5, 0.6) is 0 Å². The molecule has 0 saturated carbocycles. The maximum Gasteiger partial charge on any atom is 0.0991 e. The first-order chi connectivity index (χ1) is 9.58. The molecule has 20 heavy (non-hydrogen) atoms. The molecule has 0 aliphatic heterocycles. The largest absolute Gasteiger partial charge is 0.378 e. The van der Waals surface area contributed by atoms with Gasteiger partial charge >= 0.3 is 0 Å². The van der Waals surface area contributed by atoms with Gasteiger partial charge in [-0.2, -0.15) is 10.4 Å². The van der Waals surface area contributed by atoms with Crippen molar-refractivity contribution < 1.29 is 0 Å². The number of aromatic nitrogens is 2. The highest BCUT2D eigenvalue weighted by molar-refractivity contribution is 5.46. The van der Waals surface area contributed by atoms with Crippen LogP contribution in [0.1, 0.15) is 30.7 Å².